The van der Waals surface area contributed by atoms with Crippen molar-refractivity contribution in [2.24, 2.45) is 0 Å². The van der Waals surface area contributed by atoms with Gasteiger partial charge in [0.15, 0.2) is 5.58 Å². The van der Waals surface area contributed by atoms with Crippen LogP contribution in [0.25, 0.3) is 11.1 Å². The van der Waals surface area contributed by atoms with Gasteiger partial charge < -0.3 is 14.5 Å². The normalized spacial score (nSPS) is 10.7. The van der Waals surface area contributed by atoms with Gasteiger partial charge >= 0.3 is 0 Å². The molecule has 0 saturated carbocycles. The van der Waals surface area contributed by atoms with Gasteiger partial charge in [0.2, 0.25) is 0 Å². The largest absolute Gasteiger partial charge is 0.423 e. The molecule has 20 heavy (non-hydrogen) atoms. The Labute approximate surface area is 116 Å². The maximum absolute atomic E-state index is 10.5. The maximum atomic E-state index is 10.5. The van der Waals surface area contributed by atoms with Gasteiger partial charge in [0.25, 0.3) is 6.01 Å². The molecule has 0 aliphatic carbocycles. The molecule has 2 aromatic carbocycles. The fraction of sp³-hybridized carbons (Fsp3) is 0.125. The molecular weight excluding hydrogens is 252 g/mol. The van der Waals surface area contributed by atoms with Crippen molar-refractivity contribution in [2.75, 3.05) is 5.32 Å². The zero-order chi connectivity index (χ0) is 13.9. The van der Waals surface area contributed by atoms with Gasteiger partial charge in [0, 0.05) is 12.1 Å². The van der Waals surface area contributed by atoms with Crippen LogP contribution in [0.15, 0.2) is 46.9 Å². The molecule has 0 radical (unpaired) electrons. The Morgan fingerprint density at radius 2 is 2.10 bits per heavy atom. The van der Waals surface area contributed by atoms with E-state index in [4.69, 9.17) is 4.42 Å². The first-order valence-electron chi connectivity index (χ1n) is 6.42. The summed E-state index contributed by atoms with van der Waals surface area (Å²) in [5.41, 5.74) is 4.47. The molecule has 100 valence electrons. The highest BCUT2D eigenvalue weighted by Gasteiger charge is 2.07. The molecule has 1 heterocycles. The number of rotatable bonds is 4. The van der Waals surface area contributed by atoms with E-state index in [-0.39, 0.29) is 0 Å². The molecule has 4 heteroatoms. The highest BCUT2D eigenvalue weighted by Crippen LogP contribution is 2.24. The smallest absolute Gasteiger partial charge is 0.300 e. The number of carbonyl (C=O) groups excluding carboxylic acids is 1. The quantitative estimate of drug-likeness (QED) is 0.733. The Hall–Kier alpha value is -2.62. The van der Waals surface area contributed by atoms with Gasteiger partial charge in [-0.1, -0.05) is 24.3 Å². The topological polar surface area (TPSA) is 55.1 Å². The number of nitrogens with zero attached hydrogens (tertiary/aromatic N) is 1. The van der Waals surface area contributed by atoms with Crippen LogP contribution in [0.1, 0.15) is 11.1 Å². The number of hydrogen-bond donors (Lipinski definition) is 1. The van der Waals surface area contributed by atoms with Crippen molar-refractivity contribution in [3.63, 3.8) is 0 Å². The van der Waals surface area contributed by atoms with Gasteiger partial charge in [-0.2, -0.15) is 4.98 Å². The van der Waals surface area contributed by atoms with Crippen LogP contribution in [0.3, 0.4) is 0 Å². The molecule has 1 aromatic heterocycles. The zero-order valence-corrected chi connectivity index (χ0v) is 11.1. The molecular formula is C16H14N2O2. The van der Waals surface area contributed by atoms with Crippen LogP contribution in [-0.4, -0.2) is 11.3 Å². The van der Waals surface area contributed by atoms with Crippen molar-refractivity contribution < 1.29 is 9.21 Å². The molecule has 0 unspecified atom stereocenters. The summed E-state index contributed by atoms with van der Waals surface area (Å²) in [6, 6.07) is 14.0. The number of para-hydroxylation sites is 1. The van der Waals surface area contributed by atoms with Gasteiger partial charge in [-0.25, -0.2) is 0 Å². The molecule has 4 nitrogen and oxygen atoms in total. The lowest BCUT2D eigenvalue weighted by molar-refractivity contribution is -0.107. The van der Waals surface area contributed by atoms with Crippen molar-refractivity contribution in [1.82, 2.24) is 4.98 Å². The van der Waals surface area contributed by atoms with Crippen molar-refractivity contribution >= 4 is 29.1 Å². The number of oxazole rings is 1. The second kappa shape index (κ2) is 5.17. The second-order valence-corrected chi connectivity index (χ2v) is 4.63. The number of fused-ring (bicyclic) bond motifs is 1. The first kappa shape index (κ1) is 12.4. The molecule has 0 spiro atoms. The predicted octanol–water partition coefficient (Wildman–Crippen LogP) is 3.62. The third kappa shape index (κ3) is 2.40. The number of aryl methyl sites for hydroxylation is 1. The van der Waals surface area contributed by atoms with Crippen molar-refractivity contribution in [1.29, 1.82) is 0 Å². The SMILES string of the molecule is Cc1ccccc1Nc1nc2cc(CC=O)ccc2o1. The summed E-state index contributed by atoms with van der Waals surface area (Å²) in [4.78, 5) is 14.9. The minimum absolute atomic E-state index is 0.392. The van der Waals surface area contributed by atoms with Crippen LogP contribution < -0.4 is 5.32 Å². The fourth-order valence-corrected chi connectivity index (χ4v) is 2.08. The van der Waals surface area contributed by atoms with E-state index in [1.54, 1.807) is 0 Å². The Balaban J connectivity index is 1.93. The first-order chi connectivity index (χ1) is 9.76. The summed E-state index contributed by atoms with van der Waals surface area (Å²) in [5, 5.41) is 3.17. The Kier molecular flexibility index (Phi) is 3.21. The van der Waals surface area contributed by atoms with E-state index in [9.17, 15) is 4.79 Å². The van der Waals surface area contributed by atoms with E-state index in [0.717, 1.165) is 28.6 Å². The number of anilines is 2. The number of carbonyl (C=O) groups is 1. The number of nitrogens with one attached hydrogen (secondary N) is 1. The fourth-order valence-electron chi connectivity index (χ4n) is 2.08. The molecule has 0 aliphatic heterocycles. The van der Waals surface area contributed by atoms with Crippen molar-refractivity contribution in [3.8, 4) is 0 Å². The number of aromatic nitrogens is 1. The molecule has 0 fully saturated rings. The van der Waals surface area contributed by atoms with Gasteiger partial charge in [-0.3, -0.25) is 0 Å². The van der Waals surface area contributed by atoms with Crippen molar-refractivity contribution in [2.45, 2.75) is 13.3 Å². The summed E-state index contributed by atoms with van der Waals surface area (Å²) >= 11 is 0. The molecule has 0 bridgehead atoms. The van der Waals surface area contributed by atoms with E-state index in [0.29, 0.717) is 18.0 Å². The van der Waals surface area contributed by atoms with E-state index in [1.807, 2.05) is 49.4 Å². The zero-order valence-electron chi connectivity index (χ0n) is 11.1. The number of aldehydes is 1. The number of hydrogen-bond acceptors (Lipinski definition) is 4. The van der Waals surface area contributed by atoms with E-state index < -0.39 is 0 Å². The standard InChI is InChI=1S/C16H14N2O2/c1-11-4-2-3-5-13(11)17-16-18-14-10-12(8-9-19)6-7-15(14)20-16/h2-7,9-10H,8H2,1H3,(H,17,18). The van der Waals surface area contributed by atoms with E-state index >= 15 is 0 Å². The molecule has 3 rings (SSSR count). The molecule has 0 aliphatic rings. The summed E-state index contributed by atoms with van der Waals surface area (Å²) in [6.45, 7) is 2.02. The highest BCUT2D eigenvalue weighted by molar-refractivity contribution is 5.77. The third-order valence-corrected chi connectivity index (χ3v) is 3.16. The van der Waals surface area contributed by atoms with Gasteiger partial charge in [-0.05, 0) is 36.2 Å². The molecule has 0 atom stereocenters. The third-order valence-electron chi connectivity index (χ3n) is 3.16. The predicted molar refractivity (Wildman–Crippen MR) is 78.2 cm³/mol. The highest BCUT2D eigenvalue weighted by atomic mass is 16.4. The van der Waals surface area contributed by atoms with Crippen LogP contribution in [0, 0.1) is 6.92 Å². The lowest BCUT2D eigenvalue weighted by atomic mass is 10.1. The minimum Gasteiger partial charge on any atom is -0.423 e. The van der Waals surface area contributed by atoms with Crippen molar-refractivity contribution in [3.05, 3.63) is 53.6 Å². The van der Waals surface area contributed by atoms with E-state index in [2.05, 4.69) is 10.3 Å². The molecule has 3 aromatic rings. The molecule has 0 saturated heterocycles. The number of benzene rings is 2. The first-order valence-corrected chi connectivity index (χ1v) is 6.42. The van der Waals surface area contributed by atoms with Gasteiger partial charge in [-0.15, -0.1) is 0 Å². The summed E-state index contributed by atoms with van der Waals surface area (Å²) < 4.78 is 5.65. The summed E-state index contributed by atoms with van der Waals surface area (Å²) in [6.07, 6.45) is 1.27. The summed E-state index contributed by atoms with van der Waals surface area (Å²) in [7, 11) is 0. The monoisotopic (exact) mass is 266 g/mol. The van der Waals surface area contributed by atoms with Gasteiger partial charge in [0.05, 0.1) is 0 Å². The average molecular weight is 266 g/mol. The van der Waals surface area contributed by atoms with Crippen LogP contribution >= 0.6 is 0 Å². The van der Waals surface area contributed by atoms with Crippen LogP contribution in [-0.2, 0) is 11.2 Å². The van der Waals surface area contributed by atoms with Gasteiger partial charge in [0.1, 0.15) is 11.8 Å². The van der Waals surface area contributed by atoms with Crippen LogP contribution in [0.4, 0.5) is 11.7 Å². The molecule has 1 N–H and O–H groups in total. The lowest BCUT2D eigenvalue weighted by Gasteiger charge is -2.04. The second-order valence-electron chi connectivity index (χ2n) is 4.63. The lowest BCUT2D eigenvalue weighted by Crippen LogP contribution is -1.92. The summed E-state index contributed by atoms with van der Waals surface area (Å²) in [5.74, 6) is 0. The minimum atomic E-state index is 0.392. The average Bonchev–Trinajstić information content (AvgIpc) is 2.83. The Bertz CT molecular complexity index is 762. The van der Waals surface area contributed by atoms with E-state index in [1.165, 1.54) is 0 Å². The van der Waals surface area contributed by atoms with Crippen LogP contribution in [0.5, 0.6) is 0 Å². The van der Waals surface area contributed by atoms with Crippen LogP contribution in [0.2, 0.25) is 0 Å². The maximum Gasteiger partial charge on any atom is 0.300 e. The Morgan fingerprint density at radius 3 is 2.90 bits per heavy atom. The Morgan fingerprint density at radius 1 is 1.25 bits per heavy atom. The molecule has 0 amide bonds.